The molecule has 0 saturated heterocycles. The Labute approximate surface area is 103 Å². The molecule has 0 spiro atoms. The van der Waals surface area contributed by atoms with Gasteiger partial charge in [0.2, 0.25) is 0 Å². The van der Waals surface area contributed by atoms with Crippen molar-refractivity contribution in [3.8, 4) is 0 Å². The third kappa shape index (κ3) is 3.91. The van der Waals surface area contributed by atoms with Crippen molar-refractivity contribution in [1.29, 1.82) is 0 Å². The number of hydrogen-bond donors (Lipinski definition) is 1. The zero-order valence-electron chi connectivity index (χ0n) is 10.2. The summed E-state index contributed by atoms with van der Waals surface area (Å²) in [6.07, 6.45) is 8.31. The lowest BCUT2D eigenvalue weighted by Gasteiger charge is -2.28. The lowest BCUT2D eigenvalue weighted by Crippen LogP contribution is -2.31. The molecule has 1 aromatic rings. The monoisotopic (exact) mass is 237 g/mol. The minimum absolute atomic E-state index is 0.716. The summed E-state index contributed by atoms with van der Waals surface area (Å²) in [7, 11) is 0. The van der Waals surface area contributed by atoms with Crippen molar-refractivity contribution in [3.63, 3.8) is 0 Å². The quantitative estimate of drug-likeness (QED) is 0.710. The Morgan fingerprint density at radius 1 is 1.50 bits per heavy atom. The van der Waals surface area contributed by atoms with Gasteiger partial charge in [0.1, 0.15) is 0 Å². The molecule has 1 heterocycles. The number of aryl methyl sites for hydroxylation is 1. The van der Waals surface area contributed by atoms with Gasteiger partial charge in [0.25, 0.3) is 0 Å². The van der Waals surface area contributed by atoms with Gasteiger partial charge in [0, 0.05) is 10.9 Å². The maximum Gasteiger partial charge on any atom is 0.00457 e. The molecule has 1 saturated carbocycles. The van der Waals surface area contributed by atoms with Crippen molar-refractivity contribution >= 4 is 11.3 Å². The molecule has 2 rings (SSSR count). The van der Waals surface area contributed by atoms with E-state index < -0.39 is 0 Å². The summed E-state index contributed by atoms with van der Waals surface area (Å²) in [4.78, 5) is 1.52. The van der Waals surface area contributed by atoms with Crippen molar-refractivity contribution in [2.45, 2.75) is 51.5 Å². The molecule has 1 unspecified atom stereocenters. The minimum Gasteiger partial charge on any atom is -0.314 e. The molecular weight excluding hydrogens is 214 g/mol. The fraction of sp³-hybridized carbons (Fsp3) is 0.714. The number of rotatable bonds is 7. The first-order valence-corrected chi connectivity index (χ1v) is 7.48. The maximum atomic E-state index is 3.65. The average molecular weight is 237 g/mol. The lowest BCUT2D eigenvalue weighted by atomic mass is 9.81. The lowest BCUT2D eigenvalue weighted by molar-refractivity contribution is 0.266. The fourth-order valence-electron chi connectivity index (χ4n) is 2.38. The average Bonchev–Trinajstić information content (AvgIpc) is 2.71. The summed E-state index contributed by atoms with van der Waals surface area (Å²) in [5, 5.41) is 5.82. The van der Waals surface area contributed by atoms with Gasteiger partial charge in [-0.25, -0.2) is 0 Å². The van der Waals surface area contributed by atoms with Crippen molar-refractivity contribution < 1.29 is 0 Å². The van der Waals surface area contributed by atoms with Gasteiger partial charge in [0.15, 0.2) is 0 Å². The highest BCUT2D eigenvalue weighted by atomic mass is 32.1. The van der Waals surface area contributed by atoms with E-state index in [4.69, 9.17) is 0 Å². The molecule has 1 aromatic heterocycles. The highest BCUT2D eigenvalue weighted by molar-refractivity contribution is 7.09. The molecule has 2 heteroatoms. The first kappa shape index (κ1) is 12.1. The Morgan fingerprint density at radius 3 is 3.00 bits per heavy atom. The van der Waals surface area contributed by atoms with Crippen LogP contribution in [0.3, 0.4) is 0 Å². The predicted octanol–water partition coefficient (Wildman–Crippen LogP) is 3.85. The summed E-state index contributed by atoms with van der Waals surface area (Å²) in [5.74, 6) is 1.03. The smallest absolute Gasteiger partial charge is 0.00457 e. The standard InChI is InChI=1S/C14H23NS/c1-12(11-13-5-2-6-13)15-9-3-7-14-8-4-10-16-14/h4,8,10,12-13,15H,2-3,5-7,9,11H2,1H3. The summed E-state index contributed by atoms with van der Waals surface area (Å²) in [6.45, 7) is 3.51. The molecule has 0 aliphatic heterocycles. The zero-order chi connectivity index (χ0) is 11.2. The van der Waals surface area contributed by atoms with Crippen LogP contribution in [-0.2, 0) is 6.42 Å². The van der Waals surface area contributed by atoms with Gasteiger partial charge in [0.05, 0.1) is 0 Å². The van der Waals surface area contributed by atoms with Crippen molar-refractivity contribution in [1.82, 2.24) is 5.32 Å². The molecule has 1 N–H and O–H groups in total. The van der Waals surface area contributed by atoms with Crippen molar-refractivity contribution in [3.05, 3.63) is 22.4 Å². The van der Waals surface area contributed by atoms with Gasteiger partial charge < -0.3 is 5.32 Å². The molecule has 0 amide bonds. The van der Waals surface area contributed by atoms with E-state index >= 15 is 0 Å². The van der Waals surface area contributed by atoms with Crippen molar-refractivity contribution in [2.24, 2.45) is 5.92 Å². The van der Waals surface area contributed by atoms with E-state index in [-0.39, 0.29) is 0 Å². The Hall–Kier alpha value is -0.340. The highest BCUT2D eigenvalue weighted by Gasteiger charge is 2.19. The molecule has 1 fully saturated rings. The normalized spacial score (nSPS) is 18.3. The van der Waals surface area contributed by atoms with Crippen LogP contribution in [0.2, 0.25) is 0 Å². The first-order chi connectivity index (χ1) is 7.84. The third-order valence-corrected chi connectivity index (χ3v) is 4.52. The van der Waals surface area contributed by atoms with Gasteiger partial charge in [-0.3, -0.25) is 0 Å². The summed E-state index contributed by atoms with van der Waals surface area (Å²) in [5.41, 5.74) is 0. The van der Waals surface area contributed by atoms with Crippen LogP contribution in [0, 0.1) is 5.92 Å². The van der Waals surface area contributed by atoms with E-state index in [1.807, 2.05) is 11.3 Å². The molecule has 0 radical (unpaired) electrons. The largest absolute Gasteiger partial charge is 0.314 e. The highest BCUT2D eigenvalue weighted by Crippen LogP contribution is 2.30. The van der Waals surface area contributed by atoms with Gasteiger partial charge >= 0.3 is 0 Å². The van der Waals surface area contributed by atoms with Crippen LogP contribution < -0.4 is 5.32 Å². The van der Waals surface area contributed by atoms with E-state index in [1.165, 1.54) is 49.9 Å². The van der Waals surface area contributed by atoms with Crippen LogP contribution >= 0.6 is 11.3 Å². The Balaban J connectivity index is 1.50. The van der Waals surface area contributed by atoms with E-state index in [0.29, 0.717) is 6.04 Å². The van der Waals surface area contributed by atoms with Gasteiger partial charge in [-0.05, 0) is 50.1 Å². The first-order valence-electron chi connectivity index (χ1n) is 6.60. The maximum absolute atomic E-state index is 3.65. The summed E-state index contributed by atoms with van der Waals surface area (Å²) in [6, 6.07) is 5.10. The van der Waals surface area contributed by atoms with Crippen LogP contribution in [0.15, 0.2) is 17.5 Å². The molecule has 1 nitrogen and oxygen atoms in total. The second kappa shape index (κ2) is 6.41. The molecule has 1 aliphatic carbocycles. The zero-order valence-corrected chi connectivity index (χ0v) is 11.1. The second-order valence-electron chi connectivity index (χ2n) is 5.07. The van der Waals surface area contributed by atoms with Crippen LogP contribution in [0.5, 0.6) is 0 Å². The summed E-state index contributed by atoms with van der Waals surface area (Å²) < 4.78 is 0. The minimum atomic E-state index is 0.716. The predicted molar refractivity (Wildman–Crippen MR) is 72.1 cm³/mol. The van der Waals surface area contributed by atoms with Crippen molar-refractivity contribution in [2.75, 3.05) is 6.54 Å². The van der Waals surface area contributed by atoms with Gasteiger partial charge in [-0.15, -0.1) is 11.3 Å². The molecule has 1 aliphatic rings. The number of hydrogen-bond acceptors (Lipinski definition) is 2. The SMILES string of the molecule is CC(CC1CCC1)NCCCc1cccs1. The number of thiophene rings is 1. The van der Waals surface area contributed by atoms with E-state index in [2.05, 4.69) is 29.8 Å². The molecule has 1 atom stereocenters. The van der Waals surface area contributed by atoms with Gasteiger partial charge in [-0.1, -0.05) is 25.3 Å². The van der Waals surface area contributed by atoms with Crippen LogP contribution in [0.1, 0.15) is 43.9 Å². The Morgan fingerprint density at radius 2 is 2.38 bits per heavy atom. The van der Waals surface area contributed by atoms with Gasteiger partial charge in [-0.2, -0.15) is 0 Å². The number of nitrogens with one attached hydrogen (secondary N) is 1. The fourth-order valence-corrected chi connectivity index (χ4v) is 3.13. The topological polar surface area (TPSA) is 12.0 Å². The van der Waals surface area contributed by atoms with E-state index in [1.54, 1.807) is 0 Å². The van der Waals surface area contributed by atoms with Crippen LogP contribution in [-0.4, -0.2) is 12.6 Å². The van der Waals surface area contributed by atoms with Crippen LogP contribution in [0.25, 0.3) is 0 Å². The summed E-state index contributed by atoms with van der Waals surface area (Å²) >= 11 is 1.88. The van der Waals surface area contributed by atoms with E-state index in [0.717, 1.165) is 5.92 Å². The third-order valence-electron chi connectivity index (χ3n) is 3.58. The Bertz CT molecular complexity index is 277. The van der Waals surface area contributed by atoms with Crippen LogP contribution in [0.4, 0.5) is 0 Å². The van der Waals surface area contributed by atoms with E-state index in [9.17, 15) is 0 Å². The Kier molecular flexibility index (Phi) is 4.86. The second-order valence-corrected chi connectivity index (χ2v) is 6.10. The molecule has 16 heavy (non-hydrogen) atoms. The molecule has 0 aromatic carbocycles. The molecule has 90 valence electrons. The molecular formula is C14H23NS. The molecule has 0 bridgehead atoms.